The first-order valence-electron chi connectivity index (χ1n) is 18.7. The third-order valence-corrected chi connectivity index (χ3v) is 10.3. The Kier molecular flexibility index (Phi) is 21.1. The third-order valence-electron chi connectivity index (χ3n) is 10.3. The molecule has 3 aliphatic carbocycles. The highest BCUT2D eigenvalue weighted by Gasteiger charge is 2.56. The molecule has 0 spiro atoms. The SMILES string of the molecule is CC.CC.CC.CC.CCC(=O)N(C)C.Cc1ccc2c(c1)C(C)[C@@H](C)C1C2CCC2(C)C1CC[C@@H]2CCOc1ccccc1. The van der Waals surface area contributed by atoms with Gasteiger partial charge in [-0.15, -0.1) is 0 Å². The monoisotopic (exact) mass is 624 g/mol. The van der Waals surface area contributed by atoms with Crippen molar-refractivity contribution in [1.29, 1.82) is 0 Å². The molecule has 5 unspecified atom stereocenters. The van der Waals surface area contributed by atoms with Crippen LogP contribution in [-0.2, 0) is 4.79 Å². The molecular weight excluding hydrogens is 550 g/mol. The highest BCUT2D eigenvalue weighted by molar-refractivity contribution is 5.75. The molecule has 3 nitrogen and oxygen atoms in total. The van der Waals surface area contributed by atoms with Gasteiger partial charge in [0, 0.05) is 20.5 Å². The van der Waals surface area contributed by atoms with Crippen LogP contribution in [0.25, 0.3) is 0 Å². The van der Waals surface area contributed by atoms with E-state index in [0.29, 0.717) is 17.8 Å². The summed E-state index contributed by atoms with van der Waals surface area (Å²) in [4.78, 5) is 12.0. The largest absolute Gasteiger partial charge is 0.494 e. The molecule has 0 bridgehead atoms. The van der Waals surface area contributed by atoms with Crippen LogP contribution in [0.15, 0.2) is 48.5 Å². The van der Waals surface area contributed by atoms with Gasteiger partial charge in [-0.1, -0.05) is 125 Å². The van der Waals surface area contributed by atoms with Gasteiger partial charge in [0.15, 0.2) is 0 Å². The summed E-state index contributed by atoms with van der Waals surface area (Å²) < 4.78 is 6.10. The molecule has 0 heterocycles. The number of fused-ring (bicyclic) bond motifs is 5. The van der Waals surface area contributed by atoms with Crippen molar-refractivity contribution in [2.24, 2.45) is 29.1 Å². The number of ether oxygens (including phenoxy) is 1. The van der Waals surface area contributed by atoms with Gasteiger partial charge in [-0.2, -0.15) is 0 Å². The van der Waals surface area contributed by atoms with Crippen LogP contribution in [0.1, 0.15) is 150 Å². The minimum Gasteiger partial charge on any atom is -0.494 e. The maximum atomic E-state index is 10.4. The molecule has 2 fully saturated rings. The van der Waals surface area contributed by atoms with Crippen LogP contribution < -0.4 is 4.74 Å². The first-order chi connectivity index (χ1) is 21.7. The van der Waals surface area contributed by atoms with E-state index in [4.69, 9.17) is 4.74 Å². The third kappa shape index (κ3) is 10.9. The van der Waals surface area contributed by atoms with E-state index < -0.39 is 0 Å². The first-order valence-corrected chi connectivity index (χ1v) is 18.7. The number of carbonyl (C=O) groups is 1. The van der Waals surface area contributed by atoms with Crippen molar-refractivity contribution < 1.29 is 9.53 Å². The van der Waals surface area contributed by atoms with Crippen LogP contribution in [-0.4, -0.2) is 31.5 Å². The van der Waals surface area contributed by atoms with E-state index in [1.165, 1.54) is 37.7 Å². The maximum absolute atomic E-state index is 10.4. The average molecular weight is 624 g/mol. The summed E-state index contributed by atoms with van der Waals surface area (Å²) in [6.07, 6.45) is 7.40. The Morgan fingerprint density at radius 3 is 2.00 bits per heavy atom. The molecule has 2 aromatic carbocycles. The summed E-state index contributed by atoms with van der Waals surface area (Å²) in [6.45, 7) is 28.6. The Morgan fingerprint density at radius 2 is 1.47 bits per heavy atom. The molecule has 7 atom stereocenters. The molecule has 5 rings (SSSR count). The molecule has 258 valence electrons. The minimum absolute atomic E-state index is 0.181. The lowest BCUT2D eigenvalue weighted by Crippen LogP contribution is -2.46. The van der Waals surface area contributed by atoms with E-state index in [-0.39, 0.29) is 5.91 Å². The van der Waals surface area contributed by atoms with Gasteiger partial charge < -0.3 is 9.64 Å². The smallest absolute Gasteiger partial charge is 0.221 e. The standard InChI is InChI=1S/C29H38O.C5H11NO.4C2H6/c1-19-10-12-24-25-14-16-29(4)22(15-17-30-23-8-6-5-7-9-23)11-13-27(29)28(25)21(3)20(2)26(24)18-19;1-4-5(7)6(2)3;4*1-2/h5-10,12,18,20-22,25,27-28H,11,13-17H2,1-4H3;4H2,1-3H3;4*1-2H3/t20?,21-,22-,25?,27?,28?,29?;;;;;/m1...../s1. The number of rotatable bonds is 5. The second-order valence-electron chi connectivity index (χ2n) is 12.5. The lowest BCUT2D eigenvalue weighted by molar-refractivity contribution is -0.128. The van der Waals surface area contributed by atoms with Gasteiger partial charge in [0.05, 0.1) is 6.61 Å². The zero-order valence-corrected chi connectivity index (χ0v) is 32.3. The number of aryl methyl sites for hydroxylation is 1. The van der Waals surface area contributed by atoms with Crippen molar-refractivity contribution >= 4 is 5.91 Å². The van der Waals surface area contributed by atoms with Crippen LogP contribution in [0.5, 0.6) is 5.75 Å². The van der Waals surface area contributed by atoms with Gasteiger partial charge >= 0.3 is 0 Å². The lowest BCUT2D eigenvalue weighted by atomic mass is 9.50. The molecule has 0 aromatic heterocycles. The van der Waals surface area contributed by atoms with Crippen molar-refractivity contribution in [1.82, 2.24) is 4.90 Å². The van der Waals surface area contributed by atoms with Crippen LogP contribution in [0.4, 0.5) is 0 Å². The van der Waals surface area contributed by atoms with Gasteiger partial charge in [-0.25, -0.2) is 0 Å². The number of nitrogens with zero attached hydrogens (tertiary/aromatic N) is 1. The van der Waals surface area contributed by atoms with E-state index in [2.05, 4.69) is 76.2 Å². The summed E-state index contributed by atoms with van der Waals surface area (Å²) >= 11 is 0. The van der Waals surface area contributed by atoms with Gasteiger partial charge in [-0.3, -0.25) is 4.79 Å². The first kappa shape index (κ1) is 42.7. The van der Waals surface area contributed by atoms with Gasteiger partial charge in [0.1, 0.15) is 5.75 Å². The van der Waals surface area contributed by atoms with Crippen molar-refractivity contribution in [3.8, 4) is 5.75 Å². The normalized spacial score (nSPS) is 26.6. The number of para-hydroxylation sites is 1. The number of amides is 1. The number of hydrogen-bond acceptors (Lipinski definition) is 2. The summed E-state index contributed by atoms with van der Waals surface area (Å²) in [5.74, 6) is 6.00. The second kappa shape index (κ2) is 22.3. The zero-order valence-electron chi connectivity index (χ0n) is 32.3. The van der Waals surface area contributed by atoms with Crippen LogP contribution >= 0.6 is 0 Å². The fraction of sp³-hybridized carbons (Fsp3) is 0.690. The van der Waals surface area contributed by atoms with E-state index in [1.807, 2.05) is 62.3 Å². The molecule has 3 aliphatic rings. The number of hydrogen-bond donors (Lipinski definition) is 0. The van der Waals surface area contributed by atoms with E-state index in [1.54, 1.807) is 30.1 Å². The molecule has 0 radical (unpaired) electrons. The number of carbonyl (C=O) groups excluding carboxylic acids is 1. The van der Waals surface area contributed by atoms with Crippen molar-refractivity contribution in [3.63, 3.8) is 0 Å². The van der Waals surface area contributed by atoms with Crippen LogP contribution in [0, 0.1) is 36.0 Å². The van der Waals surface area contributed by atoms with Crippen LogP contribution in [0.2, 0.25) is 0 Å². The predicted molar refractivity (Wildman–Crippen MR) is 199 cm³/mol. The molecular formula is C42H73NO2. The molecule has 0 N–H and O–H groups in total. The Balaban J connectivity index is 0.00000111. The second-order valence-corrected chi connectivity index (χ2v) is 12.5. The maximum Gasteiger partial charge on any atom is 0.221 e. The lowest BCUT2D eigenvalue weighted by Gasteiger charge is -2.55. The minimum atomic E-state index is 0.181. The summed E-state index contributed by atoms with van der Waals surface area (Å²) in [5.41, 5.74) is 5.26. The molecule has 0 aliphatic heterocycles. The summed E-state index contributed by atoms with van der Waals surface area (Å²) in [7, 11) is 3.51. The Bertz CT molecular complexity index is 1050. The van der Waals surface area contributed by atoms with Crippen molar-refractivity contribution in [2.45, 2.75) is 140 Å². The van der Waals surface area contributed by atoms with Gasteiger partial charge in [0.2, 0.25) is 5.91 Å². The van der Waals surface area contributed by atoms with Crippen molar-refractivity contribution in [2.75, 3.05) is 20.7 Å². The summed E-state index contributed by atoms with van der Waals surface area (Å²) in [5, 5.41) is 0. The molecule has 0 saturated heterocycles. The Morgan fingerprint density at radius 1 is 0.867 bits per heavy atom. The van der Waals surface area contributed by atoms with Crippen molar-refractivity contribution in [3.05, 3.63) is 65.2 Å². The fourth-order valence-electron chi connectivity index (χ4n) is 8.07. The molecule has 2 aromatic rings. The highest BCUT2D eigenvalue weighted by Crippen LogP contribution is 2.66. The molecule has 3 heteroatoms. The molecule has 1 amide bonds. The average Bonchev–Trinajstić information content (AvgIpc) is 3.43. The van der Waals surface area contributed by atoms with E-state index in [0.717, 1.165) is 41.9 Å². The summed E-state index contributed by atoms with van der Waals surface area (Å²) in [6, 6.07) is 17.7. The number of benzene rings is 2. The van der Waals surface area contributed by atoms with E-state index in [9.17, 15) is 4.79 Å². The van der Waals surface area contributed by atoms with Gasteiger partial charge in [-0.05, 0) is 103 Å². The molecule has 2 saturated carbocycles. The Hall–Kier alpha value is -2.29. The van der Waals surface area contributed by atoms with Gasteiger partial charge in [0.25, 0.3) is 0 Å². The highest BCUT2D eigenvalue weighted by atomic mass is 16.5. The van der Waals surface area contributed by atoms with Crippen LogP contribution in [0.3, 0.4) is 0 Å². The topological polar surface area (TPSA) is 29.5 Å². The Labute approximate surface area is 280 Å². The quantitative estimate of drug-likeness (QED) is 0.332. The zero-order chi connectivity index (χ0) is 34.7. The predicted octanol–water partition coefficient (Wildman–Crippen LogP) is 12.3. The fourth-order valence-corrected chi connectivity index (χ4v) is 8.07. The van der Waals surface area contributed by atoms with E-state index >= 15 is 0 Å². The molecule has 45 heavy (non-hydrogen) atoms.